The third kappa shape index (κ3) is 4.25. The minimum Gasteiger partial charge on any atom is -0.481 e. The molecule has 0 bridgehead atoms. The molecule has 6 heteroatoms. The zero-order valence-corrected chi connectivity index (χ0v) is 27.8. The van der Waals surface area contributed by atoms with Crippen LogP contribution in [0.2, 0.25) is 0 Å². The van der Waals surface area contributed by atoms with Crippen LogP contribution in [0.1, 0.15) is 133 Å². The molecule has 6 nitrogen and oxygen atoms in total. The van der Waals surface area contributed by atoms with Crippen LogP contribution in [0, 0.1) is 68.0 Å². The number of rotatable bonds is 6. The van der Waals surface area contributed by atoms with Crippen molar-refractivity contribution in [2.24, 2.45) is 68.0 Å². The van der Waals surface area contributed by atoms with Crippen LogP contribution in [-0.4, -0.2) is 34.2 Å². The van der Waals surface area contributed by atoms with Crippen LogP contribution in [-0.2, 0) is 19.1 Å². The van der Waals surface area contributed by atoms with Gasteiger partial charge in [-0.15, -0.1) is 0 Å². The van der Waals surface area contributed by atoms with E-state index in [0.717, 1.165) is 64.2 Å². The van der Waals surface area contributed by atoms with E-state index < -0.39 is 28.7 Å². The second-order valence-corrected chi connectivity index (χ2v) is 17.8. The number of hydrogen-bond donors (Lipinski definition) is 2. The summed E-state index contributed by atoms with van der Waals surface area (Å²) in [5, 5.41) is 20.0. The maximum absolute atomic E-state index is 13.2. The number of ether oxygens (including phenoxy) is 1. The summed E-state index contributed by atoms with van der Waals surface area (Å²) in [4.78, 5) is 37.5. The molecule has 5 rings (SSSR count). The van der Waals surface area contributed by atoms with E-state index in [0.29, 0.717) is 29.6 Å². The summed E-state index contributed by atoms with van der Waals surface area (Å²) in [5.41, 5.74) is -1.40. The Morgan fingerprint density at radius 1 is 0.810 bits per heavy atom. The van der Waals surface area contributed by atoms with E-state index >= 15 is 0 Å². The van der Waals surface area contributed by atoms with E-state index in [9.17, 15) is 24.6 Å². The molecule has 0 unspecified atom stereocenters. The van der Waals surface area contributed by atoms with Crippen molar-refractivity contribution < 1.29 is 29.3 Å². The van der Waals surface area contributed by atoms with Gasteiger partial charge in [-0.1, -0.05) is 48.5 Å². The van der Waals surface area contributed by atoms with Gasteiger partial charge in [-0.3, -0.25) is 14.4 Å². The fourth-order valence-electron chi connectivity index (χ4n) is 12.7. The van der Waals surface area contributed by atoms with Crippen LogP contribution >= 0.6 is 0 Å². The van der Waals surface area contributed by atoms with Crippen molar-refractivity contribution in [1.82, 2.24) is 0 Å². The first-order valence-electron chi connectivity index (χ1n) is 16.9. The molecule has 5 fully saturated rings. The van der Waals surface area contributed by atoms with Crippen LogP contribution in [0.15, 0.2) is 0 Å². The molecular weight excluding hydrogens is 528 g/mol. The second-order valence-electron chi connectivity index (χ2n) is 17.8. The van der Waals surface area contributed by atoms with E-state index in [1.54, 1.807) is 13.8 Å². The lowest BCUT2D eigenvalue weighted by atomic mass is 9.32. The minimum absolute atomic E-state index is 0.123. The Morgan fingerprint density at radius 3 is 2.07 bits per heavy atom. The van der Waals surface area contributed by atoms with Gasteiger partial charge in [0.05, 0.1) is 17.3 Å². The summed E-state index contributed by atoms with van der Waals surface area (Å²) < 4.78 is 6.19. The highest BCUT2D eigenvalue weighted by Crippen LogP contribution is 2.77. The van der Waals surface area contributed by atoms with Gasteiger partial charge in [0.25, 0.3) is 0 Å². The number of esters is 1. The van der Waals surface area contributed by atoms with Gasteiger partial charge in [-0.2, -0.15) is 0 Å². The molecule has 0 saturated heterocycles. The fraction of sp³-hybridized carbons (Fsp3) is 0.917. The first-order chi connectivity index (χ1) is 19.3. The maximum Gasteiger partial charge on any atom is 0.312 e. The average Bonchev–Trinajstić information content (AvgIpc) is 3.27. The van der Waals surface area contributed by atoms with E-state index in [4.69, 9.17) is 4.74 Å². The van der Waals surface area contributed by atoms with Crippen LogP contribution < -0.4 is 0 Å². The summed E-state index contributed by atoms with van der Waals surface area (Å²) in [5.74, 6) is 0.780. The predicted molar refractivity (Wildman–Crippen MR) is 163 cm³/mol. The normalized spacial score (nSPS) is 46.1. The molecular formula is C36H58O6. The molecule has 238 valence electrons. The van der Waals surface area contributed by atoms with Crippen LogP contribution in [0.25, 0.3) is 0 Å². The number of fused-ring (bicyclic) bond motifs is 7. The first kappa shape index (κ1) is 31.8. The lowest BCUT2D eigenvalue weighted by molar-refractivity contribution is -0.252. The van der Waals surface area contributed by atoms with Crippen molar-refractivity contribution in [3.8, 4) is 0 Å². The van der Waals surface area contributed by atoms with E-state index in [-0.39, 0.29) is 40.1 Å². The molecule has 5 aliphatic rings. The molecule has 0 radical (unpaired) electrons. The molecule has 0 spiro atoms. The molecule has 0 amide bonds. The number of carboxylic acid groups (broad SMARTS) is 2. The standard InChI is InChI=1S/C36H58O6/c1-21(2)22-12-17-36(29(39)40)19-18-34(8)23(28(22)36)10-11-25-33(7)15-14-26(42-30(41)31(3,4)20-27(37)38)32(5,6)24(33)13-16-35(25,34)9/h21-26,28H,10-20H2,1-9H3,(H,37,38)(H,39,40)/t22-,23+,24-,25+,26-,28+,33-,34+,35+,36-/m0/s1. The average molecular weight is 587 g/mol. The van der Waals surface area contributed by atoms with E-state index in [2.05, 4.69) is 48.5 Å². The molecule has 0 aliphatic heterocycles. The van der Waals surface area contributed by atoms with Crippen molar-refractivity contribution in [1.29, 1.82) is 0 Å². The molecule has 0 heterocycles. The zero-order valence-electron chi connectivity index (χ0n) is 27.8. The van der Waals surface area contributed by atoms with Crippen LogP contribution in [0.3, 0.4) is 0 Å². The molecule has 10 atom stereocenters. The van der Waals surface area contributed by atoms with Crippen molar-refractivity contribution in [2.75, 3.05) is 0 Å². The van der Waals surface area contributed by atoms with Crippen molar-refractivity contribution in [3.63, 3.8) is 0 Å². The monoisotopic (exact) mass is 586 g/mol. The maximum atomic E-state index is 13.2. The lowest BCUT2D eigenvalue weighted by Crippen LogP contribution is -2.67. The summed E-state index contributed by atoms with van der Waals surface area (Å²) >= 11 is 0. The van der Waals surface area contributed by atoms with Gasteiger partial charge in [-0.05, 0) is 130 Å². The molecule has 0 aromatic heterocycles. The van der Waals surface area contributed by atoms with E-state index in [1.165, 1.54) is 0 Å². The highest BCUT2D eigenvalue weighted by molar-refractivity contribution is 5.82. The number of carbonyl (C=O) groups is 3. The van der Waals surface area contributed by atoms with Crippen molar-refractivity contribution in [3.05, 3.63) is 0 Å². The predicted octanol–water partition coefficient (Wildman–Crippen LogP) is 8.22. The Kier molecular flexibility index (Phi) is 7.55. The quantitative estimate of drug-likeness (QED) is 0.304. The number of carboxylic acids is 2. The Labute approximate surface area is 254 Å². The Bertz CT molecular complexity index is 1120. The van der Waals surface area contributed by atoms with Gasteiger partial charge in [0, 0.05) is 5.41 Å². The summed E-state index contributed by atoms with van der Waals surface area (Å²) in [7, 11) is 0. The number of hydrogen-bond acceptors (Lipinski definition) is 4. The molecule has 42 heavy (non-hydrogen) atoms. The van der Waals surface area contributed by atoms with Crippen LogP contribution in [0.4, 0.5) is 0 Å². The van der Waals surface area contributed by atoms with Crippen LogP contribution in [0.5, 0.6) is 0 Å². The third-order valence-electron chi connectivity index (χ3n) is 15.1. The minimum atomic E-state index is -1.05. The highest BCUT2D eigenvalue weighted by atomic mass is 16.5. The summed E-state index contributed by atoms with van der Waals surface area (Å²) in [6.45, 7) is 20.2. The Balaban J connectivity index is 1.43. The lowest BCUT2D eigenvalue weighted by Gasteiger charge is -2.72. The summed E-state index contributed by atoms with van der Waals surface area (Å²) in [6.07, 6.45) is 9.62. The van der Waals surface area contributed by atoms with E-state index in [1.807, 2.05) is 0 Å². The highest BCUT2D eigenvalue weighted by Gasteiger charge is 2.72. The number of aliphatic carboxylic acids is 2. The van der Waals surface area contributed by atoms with Crippen molar-refractivity contribution >= 4 is 17.9 Å². The van der Waals surface area contributed by atoms with Gasteiger partial charge in [-0.25, -0.2) is 0 Å². The first-order valence-corrected chi connectivity index (χ1v) is 16.9. The molecule has 0 aromatic rings. The van der Waals surface area contributed by atoms with Crippen molar-refractivity contribution in [2.45, 2.75) is 139 Å². The Hall–Kier alpha value is -1.59. The fourth-order valence-corrected chi connectivity index (χ4v) is 12.7. The van der Waals surface area contributed by atoms with Gasteiger partial charge in [0.1, 0.15) is 6.10 Å². The largest absolute Gasteiger partial charge is 0.481 e. The molecule has 0 aromatic carbocycles. The molecule has 5 saturated carbocycles. The SMILES string of the molecule is CC(C)[C@@H]1CC[C@]2(C(=O)O)CC[C@]3(C)[C@H](CC[C@@H]4[C@@]5(C)CC[C@H](OC(=O)C(C)(C)CC(=O)O)C(C)(C)[C@@H]5CC[C@]43C)[C@@H]12. The zero-order chi connectivity index (χ0) is 31.3. The molecule has 5 aliphatic carbocycles. The number of carbonyl (C=O) groups excluding carboxylic acids is 1. The summed E-state index contributed by atoms with van der Waals surface area (Å²) in [6, 6.07) is 0. The van der Waals surface area contributed by atoms with Gasteiger partial charge in [0.15, 0.2) is 0 Å². The molecule has 2 N–H and O–H groups in total. The third-order valence-corrected chi connectivity index (χ3v) is 15.1. The topological polar surface area (TPSA) is 101 Å². The second kappa shape index (κ2) is 9.96. The van der Waals surface area contributed by atoms with Gasteiger partial charge >= 0.3 is 17.9 Å². The Morgan fingerprint density at radius 2 is 1.48 bits per heavy atom. The smallest absolute Gasteiger partial charge is 0.312 e. The van der Waals surface area contributed by atoms with Gasteiger partial charge < -0.3 is 14.9 Å². The van der Waals surface area contributed by atoms with Gasteiger partial charge in [0.2, 0.25) is 0 Å².